The van der Waals surface area contributed by atoms with Gasteiger partial charge in [0.1, 0.15) is 39.7 Å². The van der Waals surface area contributed by atoms with E-state index in [1.165, 1.54) is 83.9 Å². The van der Waals surface area contributed by atoms with Gasteiger partial charge in [-0.1, -0.05) is 72.8 Å². The highest BCUT2D eigenvalue weighted by Crippen LogP contribution is 2.27. The van der Waals surface area contributed by atoms with Gasteiger partial charge in [-0.2, -0.15) is 13.5 Å². The maximum Gasteiger partial charge on any atom is 0.488 e. The number of halogens is 3. The van der Waals surface area contributed by atoms with Crippen LogP contribution in [0.3, 0.4) is 0 Å². The second kappa shape index (κ2) is 50.0. The standard InChI is InChI=1S/C18H18N2O4.C13H10N2O2.C11H14BrNO4.C7H6BNO2.C7H8BrNO2.C6H6BrNO2.S4.S3.S2.H2S/c1-18(2,3)24-17(22)20-11-13(10-15(20)16(21)23-5)12-6-8-14(19-4)9-7-12;1-14-11-5-3-9(4-6-11)10-7-12(15-8-10)13(16)17-2;1-11(2,3)17-10(15)13-6-7(12)5-8(13)9(14)16-4;1-9-7-4-2-6(3-5-7)8(10)11;1-9-4-5(8)3-6(9)7(10)11-2;1-10-6(9)5-2-4(7)3-8-5;1-3-4-2;1-3-2;1-2;/h6-11H,1-3,5H3;3-8,15H,2H3;5-6H,1-4H3;2-5,10-11H;3-4H,1-2H3;2-3,8H,1H3;;;;1H2. The van der Waals surface area contributed by atoms with Crippen molar-refractivity contribution in [3.63, 3.8) is 0 Å². The predicted octanol–water partition coefficient (Wildman–Crippen LogP) is 13.3. The fourth-order valence-electron chi connectivity index (χ4n) is 6.89. The van der Waals surface area contributed by atoms with Gasteiger partial charge < -0.3 is 57.7 Å². The van der Waals surface area contributed by atoms with Crippen molar-refractivity contribution >= 4 is 227 Å². The van der Waals surface area contributed by atoms with E-state index in [0.717, 1.165) is 43.7 Å². The average molecular weight is 1750 g/mol. The molecule has 0 saturated carbocycles. The molecule has 100 heavy (non-hydrogen) atoms. The van der Waals surface area contributed by atoms with E-state index in [9.17, 15) is 33.6 Å². The minimum absolute atomic E-state index is 0. The van der Waals surface area contributed by atoms with E-state index in [-0.39, 0.29) is 36.8 Å². The van der Waals surface area contributed by atoms with Crippen LogP contribution in [0.4, 0.5) is 26.7 Å². The van der Waals surface area contributed by atoms with Crippen molar-refractivity contribution < 1.29 is 76.8 Å². The van der Waals surface area contributed by atoms with E-state index in [1.807, 2.05) is 12.1 Å². The number of aromatic nitrogens is 5. The summed E-state index contributed by atoms with van der Waals surface area (Å²) >= 11 is 33.9. The van der Waals surface area contributed by atoms with Crippen LogP contribution >= 0.6 is 61.3 Å². The average Bonchev–Trinajstić information content (AvgIpc) is 1.67. The molecule has 0 radical (unpaired) electrons. The molecule has 8 aromatic rings. The second-order valence-corrected chi connectivity index (χ2v) is 28.2. The highest BCUT2D eigenvalue weighted by Gasteiger charge is 2.26. The molecule has 0 aliphatic carbocycles. The highest BCUT2D eigenvalue weighted by molar-refractivity contribution is 9.11. The van der Waals surface area contributed by atoms with Gasteiger partial charge in [-0.05, 0) is 142 Å². The van der Waals surface area contributed by atoms with E-state index in [2.05, 4.69) is 158 Å². The zero-order valence-corrected chi connectivity index (χ0v) is 68.0. The number of ether oxygens (including phenoxy) is 7. The smallest absolute Gasteiger partial charge is 0.464 e. The van der Waals surface area contributed by atoms with E-state index >= 15 is 0 Å². The number of nitrogens with one attached hydrogen (secondary N) is 2. The molecule has 0 fully saturated rings. The zero-order valence-electron chi connectivity index (χ0n) is 54.9. The summed E-state index contributed by atoms with van der Waals surface area (Å²) in [5.74, 6) is -2.30. The molecular formula is C62H64BBr3N8O16S10. The number of aryl methyl sites for hydroxylation is 1. The van der Waals surface area contributed by atoms with Gasteiger partial charge in [0.25, 0.3) is 0 Å². The number of carbonyl (C=O) groups excluding carboxylic acids is 7. The van der Waals surface area contributed by atoms with Gasteiger partial charge in [-0.15, -0.1) is 0 Å². The summed E-state index contributed by atoms with van der Waals surface area (Å²) in [5.41, 5.74) is 5.56. The number of carbonyl (C=O) groups is 7. The number of esters is 5. The summed E-state index contributed by atoms with van der Waals surface area (Å²) in [6.07, 6.45) is 6.90. The maximum atomic E-state index is 12.3. The van der Waals surface area contributed by atoms with Crippen LogP contribution in [-0.4, -0.2) is 130 Å². The minimum Gasteiger partial charge on any atom is -0.464 e. The van der Waals surface area contributed by atoms with Gasteiger partial charge in [0, 0.05) is 151 Å². The van der Waals surface area contributed by atoms with Gasteiger partial charge in [0.05, 0.1) is 55.3 Å². The normalized spacial score (nSPS) is 9.46. The highest BCUT2D eigenvalue weighted by atomic mass is 79.9. The fraction of sp³-hybridized carbons (Fsp3) is 0.226. The maximum absolute atomic E-state index is 12.3. The number of methoxy groups -OCH3 is 5. The molecule has 3 aromatic carbocycles. The molecule has 0 amide bonds. The number of hydrogen-bond acceptors (Lipinski definition) is 22. The first-order valence-electron chi connectivity index (χ1n) is 27.0. The molecule has 0 aliphatic heterocycles. The lowest BCUT2D eigenvalue weighted by Crippen LogP contribution is -2.29. The van der Waals surface area contributed by atoms with E-state index in [1.54, 1.807) is 145 Å². The Kier molecular flexibility index (Phi) is 47.3. The largest absolute Gasteiger partial charge is 0.488 e. The van der Waals surface area contributed by atoms with Crippen molar-refractivity contribution in [1.29, 1.82) is 0 Å². The van der Waals surface area contributed by atoms with Crippen LogP contribution in [0.2, 0.25) is 0 Å². The summed E-state index contributed by atoms with van der Waals surface area (Å²) in [4.78, 5) is 96.0. The summed E-state index contributed by atoms with van der Waals surface area (Å²) in [6.45, 7) is 31.0. The Morgan fingerprint density at radius 3 is 1.16 bits per heavy atom. The Labute approximate surface area is 648 Å². The first kappa shape index (κ1) is 94.6. The van der Waals surface area contributed by atoms with Crippen LogP contribution in [0.1, 0.15) is 94.0 Å². The summed E-state index contributed by atoms with van der Waals surface area (Å²) in [5, 5.41) is 17.3. The van der Waals surface area contributed by atoms with Gasteiger partial charge in [0.15, 0.2) is 17.1 Å². The molecule has 0 saturated heterocycles. The lowest BCUT2D eigenvalue weighted by atomic mass is 9.80. The third-order valence-corrected chi connectivity index (χ3v) is 14.6. The van der Waals surface area contributed by atoms with Crippen molar-refractivity contribution in [2.45, 2.75) is 52.7 Å². The molecule has 0 bridgehead atoms. The van der Waals surface area contributed by atoms with Gasteiger partial charge in [-0.3, -0.25) is 0 Å². The van der Waals surface area contributed by atoms with Crippen LogP contribution < -0.4 is 5.46 Å². The molecule has 5 aromatic heterocycles. The van der Waals surface area contributed by atoms with Crippen molar-refractivity contribution in [1.82, 2.24) is 23.7 Å². The first-order valence-corrected chi connectivity index (χ1v) is 37.4. The lowest BCUT2D eigenvalue weighted by Gasteiger charge is -2.20. The number of nitrogens with zero attached hydrogens (tertiary/aromatic N) is 6. The third kappa shape index (κ3) is 35.3. The molecule has 0 atom stereocenters. The quantitative estimate of drug-likeness (QED) is 0.0476. The zero-order chi connectivity index (χ0) is 75.8. The second-order valence-electron chi connectivity index (χ2n) is 20.1. The Hall–Kier alpha value is -7.43. The fourth-order valence-corrected chi connectivity index (χ4v) is 8.18. The Balaban J connectivity index is 0. The van der Waals surface area contributed by atoms with E-state index < -0.39 is 48.4 Å². The third-order valence-electron chi connectivity index (χ3n) is 11.1. The summed E-state index contributed by atoms with van der Waals surface area (Å²) < 4.78 is 39.7. The minimum atomic E-state index is -1.45. The molecule has 0 aliphatic rings. The molecule has 24 nitrogen and oxygen atoms in total. The van der Waals surface area contributed by atoms with Crippen molar-refractivity contribution in [3.8, 4) is 22.3 Å². The number of aromatic amines is 2. The van der Waals surface area contributed by atoms with Crippen LogP contribution in [0.25, 0.3) is 36.8 Å². The summed E-state index contributed by atoms with van der Waals surface area (Å²) in [7, 11) is 10.1. The number of hydrogen-bond donors (Lipinski definition) is 4. The van der Waals surface area contributed by atoms with Crippen molar-refractivity contribution in [2.24, 2.45) is 7.05 Å². The van der Waals surface area contributed by atoms with Crippen LogP contribution in [-0.2, 0) is 134 Å². The monoisotopic (exact) mass is 1740 g/mol. The van der Waals surface area contributed by atoms with Gasteiger partial charge in [0.2, 0.25) is 0 Å². The van der Waals surface area contributed by atoms with Crippen LogP contribution in [0, 0.1) is 19.7 Å². The number of H-pyrrole nitrogens is 2. The molecule has 5 heterocycles. The molecular weight excluding hydrogens is 1680 g/mol. The predicted molar refractivity (Wildman–Crippen MR) is 422 cm³/mol. The summed E-state index contributed by atoms with van der Waals surface area (Å²) in [6, 6.07) is 28.3. The van der Waals surface area contributed by atoms with E-state index in [4.69, 9.17) is 44.0 Å². The molecule has 532 valence electrons. The van der Waals surface area contributed by atoms with Crippen molar-refractivity contribution in [3.05, 3.63) is 210 Å². The lowest BCUT2D eigenvalue weighted by molar-refractivity contribution is 0.0482. The van der Waals surface area contributed by atoms with Crippen LogP contribution in [0.5, 0.6) is 0 Å². The molecule has 0 spiro atoms. The van der Waals surface area contributed by atoms with Crippen molar-refractivity contribution in [2.75, 3.05) is 35.5 Å². The van der Waals surface area contributed by atoms with E-state index in [0.29, 0.717) is 49.6 Å². The Morgan fingerprint density at radius 2 is 0.820 bits per heavy atom. The topological polar surface area (TPSA) is 284 Å². The number of rotatable bonds is 8. The van der Waals surface area contributed by atoms with Gasteiger partial charge in [-0.25, -0.2) is 57.2 Å². The SMILES string of the molecule is COC(=O)c1cc(Br)c[nH]1.COC(=O)c1cc(Br)cn1C.COC(=O)c1cc(Br)cn1C(=O)OC(C)(C)C.S.S=S.S=S=S.S=S=S=S.[C-]#[N+]c1ccc(-c2c[nH]c(C(=O)OC)c2)cc1.[C-]#[N+]c1ccc(-c2cc(C(=O)OC)n(C(=O)OC(C)(C)C)c2)cc1.[C-]#[N+]c1ccc(B(O)O)cc1. The Morgan fingerprint density at radius 1 is 0.480 bits per heavy atom. The molecule has 4 N–H and O–H groups in total. The first-order chi connectivity index (χ1) is 46.7. The molecule has 38 heteroatoms. The molecule has 8 rings (SSSR count). The van der Waals surface area contributed by atoms with Gasteiger partial charge >= 0.3 is 49.2 Å². The molecule has 0 unspecified atom stereocenters. The Bertz CT molecular complexity index is 4240. The van der Waals surface area contributed by atoms with Crippen LogP contribution in [0.15, 0.2) is 148 Å². The number of benzene rings is 3.